The number of carbonyl (C=O) groups is 1. The summed E-state index contributed by atoms with van der Waals surface area (Å²) in [6.45, 7) is 0.534. The zero-order valence-corrected chi connectivity index (χ0v) is 17.2. The highest BCUT2D eigenvalue weighted by Crippen LogP contribution is 2.23. The molecule has 3 aromatic rings. The first-order valence-electron chi connectivity index (χ1n) is 9.78. The maximum Gasteiger partial charge on any atom is 0.220 e. The van der Waals surface area contributed by atoms with E-state index in [0.717, 1.165) is 28.4 Å². The van der Waals surface area contributed by atoms with Gasteiger partial charge in [-0.1, -0.05) is 42.5 Å². The molecule has 0 saturated carbocycles. The van der Waals surface area contributed by atoms with Crippen molar-refractivity contribution in [1.82, 2.24) is 10.2 Å². The summed E-state index contributed by atoms with van der Waals surface area (Å²) < 4.78 is 11.2. The lowest BCUT2D eigenvalue weighted by Gasteiger charge is -2.25. The van der Waals surface area contributed by atoms with Crippen LogP contribution in [0.15, 0.2) is 71.1 Å². The quantitative estimate of drug-likeness (QED) is 0.590. The Kier molecular flexibility index (Phi) is 7.09. The van der Waals surface area contributed by atoms with Crippen LogP contribution in [0.3, 0.4) is 0 Å². The van der Waals surface area contributed by atoms with Crippen molar-refractivity contribution >= 4 is 5.91 Å². The van der Waals surface area contributed by atoms with Gasteiger partial charge in [-0.05, 0) is 43.9 Å². The van der Waals surface area contributed by atoms with Gasteiger partial charge < -0.3 is 19.4 Å². The van der Waals surface area contributed by atoms with Gasteiger partial charge in [-0.25, -0.2) is 0 Å². The maximum absolute atomic E-state index is 12.4. The van der Waals surface area contributed by atoms with E-state index in [0.29, 0.717) is 19.4 Å². The second kappa shape index (κ2) is 9.94. The molecule has 3 rings (SSSR count). The maximum atomic E-state index is 12.4. The van der Waals surface area contributed by atoms with Gasteiger partial charge in [-0.3, -0.25) is 4.79 Å². The van der Waals surface area contributed by atoms with Crippen LogP contribution in [0.25, 0.3) is 11.3 Å². The first-order chi connectivity index (χ1) is 14.1. The number of likely N-dealkylation sites (N-methyl/N-ethyl adjacent to an activating group) is 1. The third-order valence-corrected chi connectivity index (χ3v) is 4.91. The van der Waals surface area contributed by atoms with E-state index in [9.17, 15) is 4.79 Å². The number of amides is 1. The van der Waals surface area contributed by atoms with Gasteiger partial charge >= 0.3 is 0 Å². The predicted octanol–water partition coefficient (Wildman–Crippen LogP) is 4.31. The predicted molar refractivity (Wildman–Crippen MR) is 115 cm³/mol. The van der Waals surface area contributed by atoms with Gasteiger partial charge in [0.1, 0.15) is 17.3 Å². The molecule has 0 aliphatic carbocycles. The highest BCUT2D eigenvalue weighted by atomic mass is 16.5. The fourth-order valence-corrected chi connectivity index (χ4v) is 3.25. The molecule has 0 radical (unpaired) electrons. The lowest BCUT2D eigenvalue weighted by Crippen LogP contribution is -2.34. The van der Waals surface area contributed by atoms with Crippen LogP contribution in [0.1, 0.15) is 23.8 Å². The number of hydrogen-bond acceptors (Lipinski definition) is 4. The third-order valence-electron chi connectivity index (χ3n) is 4.91. The minimum Gasteiger partial charge on any atom is -0.497 e. The molecule has 0 fully saturated rings. The van der Waals surface area contributed by atoms with Crippen molar-refractivity contribution in [1.29, 1.82) is 0 Å². The molecule has 0 bridgehead atoms. The Balaban J connectivity index is 1.53. The SMILES string of the molecule is COc1cccc(C(CNC(=O)CCc2ccc(-c3ccccc3)o2)N(C)C)c1. The number of rotatable bonds is 9. The van der Waals surface area contributed by atoms with Gasteiger partial charge in [0.15, 0.2) is 0 Å². The van der Waals surface area contributed by atoms with Gasteiger partial charge in [0, 0.05) is 24.9 Å². The first-order valence-corrected chi connectivity index (χ1v) is 9.78. The number of aryl methyl sites for hydroxylation is 1. The normalized spacial score (nSPS) is 12.0. The Hall–Kier alpha value is -3.05. The van der Waals surface area contributed by atoms with Crippen molar-refractivity contribution in [3.05, 3.63) is 78.1 Å². The molecule has 5 heteroatoms. The number of carbonyl (C=O) groups excluding carboxylic acids is 1. The molecule has 29 heavy (non-hydrogen) atoms. The summed E-state index contributed by atoms with van der Waals surface area (Å²) in [6.07, 6.45) is 0.963. The summed E-state index contributed by atoms with van der Waals surface area (Å²) in [7, 11) is 5.66. The van der Waals surface area contributed by atoms with Crippen molar-refractivity contribution in [2.75, 3.05) is 27.7 Å². The molecular formula is C24H28N2O3. The Morgan fingerprint density at radius 3 is 2.59 bits per heavy atom. The van der Waals surface area contributed by atoms with E-state index in [1.807, 2.05) is 80.8 Å². The summed E-state index contributed by atoms with van der Waals surface area (Å²) >= 11 is 0. The van der Waals surface area contributed by atoms with Crippen molar-refractivity contribution in [3.63, 3.8) is 0 Å². The molecule has 0 saturated heterocycles. The topological polar surface area (TPSA) is 54.7 Å². The standard InChI is InChI=1S/C24H28N2O3/c1-26(2)22(19-10-7-11-21(16-19)28-3)17-25-24(27)15-13-20-12-14-23(29-20)18-8-5-4-6-9-18/h4-12,14,16,22H,13,15,17H2,1-3H3,(H,25,27). The monoisotopic (exact) mass is 392 g/mol. The fraction of sp³-hybridized carbons (Fsp3) is 0.292. The summed E-state index contributed by atoms with van der Waals surface area (Å²) in [6, 6.07) is 21.9. The Morgan fingerprint density at radius 1 is 1.07 bits per heavy atom. The summed E-state index contributed by atoms with van der Waals surface area (Å²) in [5.41, 5.74) is 2.14. The lowest BCUT2D eigenvalue weighted by molar-refractivity contribution is -0.121. The molecule has 1 heterocycles. The van der Waals surface area contributed by atoms with Crippen molar-refractivity contribution in [2.45, 2.75) is 18.9 Å². The number of benzene rings is 2. The molecule has 0 aliphatic rings. The van der Waals surface area contributed by atoms with Gasteiger partial charge in [0.25, 0.3) is 0 Å². The molecule has 0 spiro atoms. The van der Waals surface area contributed by atoms with Gasteiger partial charge in [0.2, 0.25) is 5.91 Å². The average molecular weight is 392 g/mol. The smallest absolute Gasteiger partial charge is 0.220 e. The molecule has 1 aromatic heterocycles. The highest BCUT2D eigenvalue weighted by molar-refractivity contribution is 5.76. The second-order valence-electron chi connectivity index (χ2n) is 7.19. The van der Waals surface area contributed by atoms with Gasteiger partial charge in [-0.2, -0.15) is 0 Å². The number of hydrogen-bond donors (Lipinski definition) is 1. The molecule has 1 amide bonds. The van der Waals surface area contributed by atoms with E-state index in [2.05, 4.69) is 10.2 Å². The van der Waals surface area contributed by atoms with Crippen molar-refractivity contribution in [2.24, 2.45) is 0 Å². The van der Waals surface area contributed by atoms with E-state index in [-0.39, 0.29) is 11.9 Å². The van der Waals surface area contributed by atoms with E-state index in [4.69, 9.17) is 9.15 Å². The van der Waals surface area contributed by atoms with Crippen molar-refractivity contribution < 1.29 is 13.9 Å². The van der Waals surface area contributed by atoms with Crippen molar-refractivity contribution in [3.8, 4) is 17.1 Å². The van der Waals surface area contributed by atoms with E-state index in [1.54, 1.807) is 7.11 Å². The van der Waals surface area contributed by atoms with E-state index < -0.39 is 0 Å². The average Bonchev–Trinajstić information content (AvgIpc) is 3.22. The zero-order valence-electron chi connectivity index (χ0n) is 17.2. The highest BCUT2D eigenvalue weighted by Gasteiger charge is 2.16. The number of ether oxygens (including phenoxy) is 1. The number of nitrogens with zero attached hydrogens (tertiary/aromatic N) is 1. The molecule has 1 N–H and O–H groups in total. The minimum atomic E-state index is 0.0115. The van der Waals surface area contributed by atoms with Crippen LogP contribution in [-0.4, -0.2) is 38.6 Å². The van der Waals surface area contributed by atoms with Crippen LogP contribution >= 0.6 is 0 Å². The Bertz CT molecular complexity index is 919. The zero-order chi connectivity index (χ0) is 20.6. The van der Waals surface area contributed by atoms with Crippen LogP contribution in [0, 0.1) is 0 Å². The summed E-state index contributed by atoms with van der Waals surface area (Å²) in [5, 5.41) is 3.05. The van der Waals surface area contributed by atoms with Crippen LogP contribution in [0.4, 0.5) is 0 Å². The number of methoxy groups -OCH3 is 1. The van der Waals surface area contributed by atoms with Gasteiger partial charge in [-0.15, -0.1) is 0 Å². The van der Waals surface area contributed by atoms with E-state index >= 15 is 0 Å². The van der Waals surface area contributed by atoms with Crippen LogP contribution in [0.5, 0.6) is 5.75 Å². The molecule has 1 atom stereocenters. The van der Waals surface area contributed by atoms with Crippen LogP contribution < -0.4 is 10.1 Å². The molecule has 1 unspecified atom stereocenters. The molecule has 0 aliphatic heterocycles. The third kappa shape index (κ3) is 5.72. The van der Waals surface area contributed by atoms with Gasteiger partial charge in [0.05, 0.1) is 13.2 Å². The number of nitrogens with one attached hydrogen (secondary N) is 1. The minimum absolute atomic E-state index is 0.0115. The lowest BCUT2D eigenvalue weighted by atomic mass is 10.1. The molecular weight excluding hydrogens is 364 g/mol. The van der Waals surface area contributed by atoms with E-state index in [1.165, 1.54) is 0 Å². The van der Waals surface area contributed by atoms with Crippen LogP contribution in [-0.2, 0) is 11.2 Å². The molecule has 2 aromatic carbocycles. The second-order valence-corrected chi connectivity index (χ2v) is 7.19. The first kappa shape index (κ1) is 20.7. The Labute approximate surface area is 172 Å². The van der Waals surface area contributed by atoms with Crippen LogP contribution in [0.2, 0.25) is 0 Å². The fourth-order valence-electron chi connectivity index (χ4n) is 3.25. The summed E-state index contributed by atoms with van der Waals surface area (Å²) in [4.78, 5) is 14.5. The largest absolute Gasteiger partial charge is 0.497 e. The summed E-state index contributed by atoms with van der Waals surface area (Å²) in [5.74, 6) is 2.47. The molecule has 152 valence electrons. The molecule has 5 nitrogen and oxygen atoms in total. The number of furan rings is 1. The Morgan fingerprint density at radius 2 is 1.86 bits per heavy atom.